The van der Waals surface area contributed by atoms with Crippen LogP contribution in [-0.4, -0.2) is 59.1 Å². The largest absolute Gasteiger partial charge is 0.440 e. The summed E-state index contributed by atoms with van der Waals surface area (Å²) in [4.78, 5) is 29.1. The third-order valence-electron chi connectivity index (χ3n) is 5.28. The van der Waals surface area contributed by atoms with Gasteiger partial charge in [-0.25, -0.2) is 17.7 Å². The lowest BCUT2D eigenvalue weighted by atomic mass is 10.00. The van der Waals surface area contributed by atoms with Gasteiger partial charge in [0.25, 0.3) is 11.6 Å². The number of amides is 2. The van der Waals surface area contributed by atoms with Crippen LogP contribution in [0.2, 0.25) is 10.0 Å². The van der Waals surface area contributed by atoms with Crippen molar-refractivity contribution in [2.24, 2.45) is 5.92 Å². The fourth-order valence-electron chi connectivity index (χ4n) is 3.52. The Labute approximate surface area is 183 Å². The molecule has 168 valence electrons. The second-order valence-electron chi connectivity index (χ2n) is 7.09. The molecular formula is C16H14Cl2F3N5O4S. The lowest BCUT2D eigenvalue weighted by Gasteiger charge is -2.39. The van der Waals surface area contributed by atoms with Gasteiger partial charge in [-0.05, 0) is 19.1 Å². The van der Waals surface area contributed by atoms with Crippen LogP contribution in [0.4, 0.5) is 19.1 Å². The van der Waals surface area contributed by atoms with E-state index in [1.54, 1.807) is 5.32 Å². The highest BCUT2D eigenvalue weighted by Gasteiger charge is 2.68. The van der Waals surface area contributed by atoms with E-state index >= 15 is 0 Å². The molecule has 0 saturated carbocycles. The first kappa shape index (κ1) is 22.1. The normalized spacial score (nSPS) is 22.3. The van der Waals surface area contributed by atoms with Gasteiger partial charge in [-0.2, -0.15) is 13.2 Å². The third-order valence-corrected chi connectivity index (χ3v) is 7.81. The average Bonchev–Trinajstić information content (AvgIpc) is 3.07. The number of alkyl halides is 3. The Bertz CT molecular complexity index is 1230. The molecule has 1 saturated heterocycles. The number of sulfonamides is 1. The first-order valence-corrected chi connectivity index (χ1v) is 11.2. The molecule has 2 N–H and O–H groups in total. The van der Waals surface area contributed by atoms with E-state index in [0.717, 1.165) is 10.4 Å². The average molecular weight is 500 g/mol. The molecule has 4 rings (SSSR count). The van der Waals surface area contributed by atoms with Crippen LogP contribution in [0.25, 0.3) is 11.0 Å². The molecule has 0 aliphatic carbocycles. The minimum absolute atomic E-state index is 0.0242. The van der Waals surface area contributed by atoms with E-state index < -0.39 is 45.5 Å². The number of benzene rings is 1. The smallest absolute Gasteiger partial charge is 0.317 e. The van der Waals surface area contributed by atoms with E-state index in [-0.39, 0.29) is 39.9 Å². The van der Waals surface area contributed by atoms with Crippen molar-refractivity contribution in [1.29, 1.82) is 0 Å². The number of imidazole rings is 1. The quantitative estimate of drug-likeness (QED) is 0.666. The van der Waals surface area contributed by atoms with Crippen LogP contribution in [0.3, 0.4) is 0 Å². The fourth-order valence-corrected chi connectivity index (χ4v) is 5.02. The number of carbonyl (C=O) groups excluding carboxylic acids is 2. The van der Waals surface area contributed by atoms with Crippen molar-refractivity contribution in [2.45, 2.75) is 18.8 Å². The number of halogens is 5. The van der Waals surface area contributed by atoms with Gasteiger partial charge < -0.3 is 5.32 Å². The van der Waals surface area contributed by atoms with E-state index in [2.05, 4.69) is 4.98 Å². The molecule has 3 heterocycles. The highest BCUT2D eigenvalue weighted by Crippen LogP contribution is 2.45. The van der Waals surface area contributed by atoms with Gasteiger partial charge in [-0.3, -0.25) is 19.5 Å². The predicted molar refractivity (Wildman–Crippen MR) is 105 cm³/mol. The van der Waals surface area contributed by atoms with Crippen molar-refractivity contribution in [2.75, 3.05) is 24.2 Å². The van der Waals surface area contributed by atoms with Crippen LogP contribution in [-0.2, 0) is 25.3 Å². The van der Waals surface area contributed by atoms with E-state index in [4.69, 9.17) is 23.2 Å². The number of fused-ring (bicyclic) bond motifs is 3. The van der Waals surface area contributed by atoms with E-state index in [1.165, 1.54) is 13.0 Å². The summed E-state index contributed by atoms with van der Waals surface area (Å²) >= 11 is 11.8. The van der Waals surface area contributed by atoms with Gasteiger partial charge in [0.1, 0.15) is 0 Å². The van der Waals surface area contributed by atoms with Gasteiger partial charge in [0.2, 0.25) is 21.9 Å². The first-order chi connectivity index (χ1) is 14.3. The number of anilines is 1. The van der Waals surface area contributed by atoms with Crippen LogP contribution < -0.4 is 10.6 Å². The van der Waals surface area contributed by atoms with Crippen LogP contribution in [0.5, 0.6) is 0 Å². The fraction of sp³-hybridized carbons (Fsp3) is 0.438. The summed E-state index contributed by atoms with van der Waals surface area (Å²) in [6.07, 6.45) is -5.27. The number of nitrogens with one attached hydrogen (secondary N) is 2. The zero-order valence-corrected chi connectivity index (χ0v) is 18.0. The van der Waals surface area contributed by atoms with Gasteiger partial charge in [0.15, 0.2) is 0 Å². The maximum atomic E-state index is 14.3. The molecule has 2 aromatic rings. The standard InChI is InChI=1S/C16H14Cl2F3N5O4S/c1-2-31(29,30)25-5-7(6-25)12(27)24-15(16(19,20)21)13(28)23-14-22-10-3-8(17)9(18)4-11(10)26(14)15/h3-4,7H,2,5-6H2,1H3,(H,24,27)(H,22,23,28). The van der Waals surface area contributed by atoms with E-state index in [0.29, 0.717) is 4.57 Å². The summed E-state index contributed by atoms with van der Waals surface area (Å²) in [5.74, 6) is -4.37. The Morgan fingerprint density at radius 1 is 1.32 bits per heavy atom. The highest BCUT2D eigenvalue weighted by atomic mass is 35.5. The Morgan fingerprint density at radius 3 is 2.52 bits per heavy atom. The van der Waals surface area contributed by atoms with Gasteiger partial charge in [0.05, 0.1) is 32.7 Å². The Balaban J connectivity index is 1.75. The van der Waals surface area contributed by atoms with Gasteiger partial charge in [-0.1, -0.05) is 23.2 Å². The number of aromatic nitrogens is 2. The Kier molecular flexibility index (Phi) is 4.96. The summed E-state index contributed by atoms with van der Waals surface area (Å²) in [5.41, 5.74) is -3.64. The first-order valence-electron chi connectivity index (χ1n) is 8.88. The van der Waals surface area contributed by atoms with Gasteiger partial charge in [0, 0.05) is 13.1 Å². The molecule has 9 nitrogen and oxygen atoms in total. The highest BCUT2D eigenvalue weighted by molar-refractivity contribution is 7.89. The molecule has 1 aromatic carbocycles. The molecule has 1 unspecified atom stereocenters. The summed E-state index contributed by atoms with van der Waals surface area (Å²) in [7, 11) is -3.58. The van der Waals surface area contributed by atoms with Crippen LogP contribution in [0.15, 0.2) is 12.1 Å². The maximum Gasteiger partial charge on any atom is 0.440 e. The lowest BCUT2D eigenvalue weighted by Crippen LogP contribution is -2.66. The molecular weight excluding hydrogens is 486 g/mol. The number of hydrogen-bond acceptors (Lipinski definition) is 5. The second-order valence-corrected chi connectivity index (χ2v) is 10.2. The number of nitrogens with zero attached hydrogens (tertiary/aromatic N) is 3. The van der Waals surface area contributed by atoms with E-state index in [9.17, 15) is 31.2 Å². The van der Waals surface area contributed by atoms with Crippen molar-refractivity contribution < 1.29 is 31.2 Å². The minimum atomic E-state index is -5.27. The lowest BCUT2D eigenvalue weighted by molar-refractivity contribution is -0.218. The molecule has 31 heavy (non-hydrogen) atoms. The zero-order valence-electron chi connectivity index (χ0n) is 15.6. The minimum Gasteiger partial charge on any atom is -0.317 e. The molecule has 0 bridgehead atoms. The molecule has 15 heteroatoms. The number of rotatable bonds is 4. The second kappa shape index (κ2) is 6.95. The Hall–Kier alpha value is -2.09. The van der Waals surface area contributed by atoms with Crippen molar-refractivity contribution in [3.05, 3.63) is 22.2 Å². The molecule has 1 fully saturated rings. The number of carbonyl (C=O) groups is 2. The molecule has 2 aliphatic heterocycles. The number of hydrogen-bond donors (Lipinski definition) is 2. The zero-order chi connectivity index (χ0) is 22.9. The van der Waals surface area contributed by atoms with Crippen molar-refractivity contribution in [3.63, 3.8) is 0 Å². The molecule has 1 aromatic heterocycles. The summed E-state index contributed by atoms with van der Waals surface area (Å²) < 4.78 is 68.1. The van der Waals surface area contributed by atoms with Crippen molar-refractivity contribution in [3.8, 4) is 0 Å². The van der Waals surface area contributed by atoms with Crippen molar-refractivity contribution >= 4 is 62.0 Å². The molecule has 0 spiro atoms. The van der Waals surface area contributed by atoms with Crippen molar-refractivity contribution in [1.82, 2.24) is 19.2 Å². The van der Waals surface area contributed by atoms with Gasteiger partial charge >= 0.3 is 6.18 Å². The van der Waals surface area contributed by atoms with Crippen LogP contribution in [0.1, 0.15) is 6.92 Å². The van der Waals surface area contributed by atoms with Gasteiger partial charge in [-0.15, -0.1) is 0 Å². The van der Waals surface area contributed by atoms with E-state index in [1.807, 2.05) is 5.32 Å². The maximum absolute atomic E-state index is 14.3. The summed E-state index contributed by atoms with van der Waals surface area (Å²) in [5, 5.41) is 3.80. The molecule has 1 atom stereocenters. The topological polar surface area (TPSA) is 113 Å². The predicted octanol–water partition coefficient (Wildman–Crippen LogP) is 1.91. The third kappa shape index (κ3) is 3.17. The van der Waals surface area contributed by atoms with Crippen LogP contribution in [0, 0.1) is 5.92 Å². The SMILES string of the molecule is CCS(=O)(=O)N1CC(C(=O)NC2(C(F)(F)F)C(=O)Nc3nc4cc(Cl)c(Cl)cc4n32)C1. The summed E-state index contributed by atoms with van der Waals surface area (Å²) in [6, 6.07) is 2.35. The van der Waals surface area contributed by atoms with Crippen LogP contribution >= 0.6 is 23.2 Å². The summed E-state index contributed by atoms with van der Waals surface area (Å²) in [6.45, 7) is 0.848. The molecule has 0 radical (unpaired) electrons. The molecule has 2 aliphatic rings. The molecule has 2 amide bonds. The Morgan fingerprint density at radius 2 is 1.94 bits per heavy atom. The monoisotopic (exact) mass is 499 g/mol.